The third kappa shape index (κ3) is 2.78. The molecule has 0 aliphatic heterocycles. The third-order valence-electron chi connectivity index (χ3n) is 6.00. The Morgan fingerprint density at radius 1 is 1.03 bits per heavy atom. The third-order valence-corrected chi connectivity index (χ3v) is 6.00. The number of nitrogen functional groups attached to an aromatic ring is 1. The molecule has 4 heterocycles. The number of aromatic nitrogens is 7. The van der Waals surface area contributed by atoms with E-state index in [0.29, 0.717) is 23.1 Å². The molecule has 0 saturated carbocycles. The van der Waals surface area contributed by atoms with E-state index < -0.39 is 0 Å². The molecule has 1 atom stereocenters. The molecule has 0 unspecified atom stereocenters. The Morgan fingerprint density at radius 2 is 1.88 bits per heavy atom. The lowest BCUT2D eigenvalue weighted by atomic mass is 10.1. The van der Waals surface area contributed by atoms with Gasteiger partial charge in [0.25, 0.3) is 0 Å². The zero-order valence-electron chi connectivity index (χ0n) is 17.5. The highest BCUT2D eigenvalue weighted by Gasteiger charge is 2.23. The van der Waals surface area contributed by atoms with Gasteiger partial charge in [-0.1, -0.05) is 6.07 Å². The molecule has 9 nitrogen and oxygen atoms in total. The molecule has 9 heteroatoms. The van der Waals surface area contributed by atoms with Gasteiger partial charge >= 0.3 is 0 Å². The van der Waals surface area contributed by atoms with Crippen LogP contribution in [-0.2, 0) is 6.42 Å². The first-order chi connectivity index (χ1) is 15.6. The lowest BCUT2D eigenvalue weighted by Gasteiger charge is -2.13. The Hall–Kier alpha value is -4.11. The number of imidazole rings is 1. The summed E-state index contributed by atoms with van der Waals surface area (Å²) in [5, 5.41) is 8.48. The summed E-state index contributed by atoms with van der Waals surface area (Å²) in [6.45, 7) is 2.01. The first-order valence-corrected chi connectivity index (χ1v) is 10.5. The van der Waals surface area contributed by atoms with Crippen LogP contribution in [0.3, 0.4) is 0 Å². The van der Waals surface area contributed by atoms with E-state index in [-0.39, 0.29) is 6.04 Å². The first-order valence-electron chi connectivity index (χ1n) is 10.5. The van der Waals surface area contributed by atoms with Crippen molar-refractivity contribution in [1.29, 1.82) is 0 Å². The zero-order valence-corrected chi connectivity index (χ0v) is 17.5. The van der Waals surface area contributed by atoms with Gasteiger partial charge in [-0.05, 0) is 66.8 Å². The molecule has 0 amide bonds. The van der Waals surface area contributed by atoms with Crippen molar-refractivity contribution in [2.45, 2.75) is 25.8 Å². The zero-order chi connectivity index (χ0) is 21.8. The number of rotatable bonds is 3. The highest BCUT2D eigenvalue weighted by molar-refractivity contribution is 5.85. The van der Waals surface area contributed by atoms with E-state index in [1.54, 1.807) is 18.6 Å². The van der Waals surface area contributed by atoms with E-state index >= 15 is 0 Å². The van der Waals surface area contributed by atoms with Gasteiger partial charge in [0, 0.05) is 17.9 Å². The summed E-state index contributed by atoms with van der Waals surface area (Å²) in [7, 11) is 0. The number of benzene rings is 1. The van der Waals surface area contributed by atoms with Gasteiger partial charge in [-0.15, -0.1) is 4.80 Å². The van der Waals surface area contributed by atoms with Crippen LogP contribution in [0, 0.1) is 6.92 Å². The van der Waals surface area contributed by atoms with Gasteiger partial charge in [-0.2, -0.15) is 10.2 Å². The molecule has 4 aromatic heterocycles. The van der Waals surface area contributed by atoms with E-state index in [9.17, 15) is 0 Å². The largest absolute Gasteiger partial charge is 0.383 e. The molecule has 0 spiro atoms. The average molecular weight is 423 g/mol. The number of nitrogens with two attached hydrogens (primary N) is 2. The van der Waals surface area contributed by atoms with Crippen molar-refractivity contribution in [3.8, 4) is 22.9 Å². The summed E-state index contributed by atoms with van der Waals surface area (Å²) in [5.74, 6) is 1.72. The lowest BCUT2D eigenvalue weighted by molar-refractivity contribution is 0.713. The summed E-state index contributed by atoms with van der Waals surface area (Å²) >= 11 is 0. The fraction of sp³-hybridized carbons (Fsp3) is 0.174. The maximum absolute atomic E-state index is 6.27. The van der Waals surface area contributed by atoms with Crippen LogP contribution in [0.25, 0.3) is 34.1 Å². The molecule has 0 fully saturated rings. The van der Waals surface area contributed by atoms with Gasteiger partial charge in [0.15, 0.2) is 17.3 Å². The molecular weight excluding hydrogens is 402 g/mol. The minimum Gasteiger partial charge on any atom is -0.383 e. The number of hydrogen-bond acceptors (Lipinski definition) is 7. The fourth-order valence-electron chi connectivity index (χ4n) is 4.43. The number of anilines is 1. The second-order valence-corrected chi connectivity index (χ2v) is 8.02. The monoisotopic (exact) mass is 423 g/mol. The lowest BCUT2D eigenvalue weighted by Crippen LogP contribution is -2.07. The van der Waals surface area contributed by atoms with Gasteiger partial charge in [-0.25, -0.2) is 15.0 Å². The predicted molar refractivity (Wildman–Crippen MR) is 121 cm³/mol. The van der Waals surface area contributed by atoms with Crippen molar-refractivity contribution in [3.05, 3.63) is 71.7 Å². The van der Waals surface area contributed by atoms with Crippen LogP contribution in [0.1, 0.15) is 29.2 Å². The van der Waals surface area contributed by atoms with Crippen LogP contribution in [-0.4, -0.2) is 34.5 Å². The Bertz CT molecular complexity index is 1470. The number of hydrogen-bond donors (Lipinski definition) is 2. The van der Waals surface area contributed by atoms with Gasteiger partial charge < -0.3 is 11.5 Å². The highest BCUT2D eigenvalue weighted by atomic mass is 15.5. The highest BCUT2D eigenvalue weighted by Crippen LogP contribution is 2.35. The quantitative estimate of drug-likeness (QED) is 0.457. The van der Waals surface area contributed by atoms with E-state index in [1.165, 1.54) is 15.9 Å². The van der Waals surface area contributed by atoms with Crippen LogP contribution in [0.5, 0.6) is 0 Å². The van der Waals surface area contributed by atoms with Gasteiger partial charge in [0.1, 0.15) is 11.3 Å². The minimum absolute atomic E-state index is 0.0879. The van der Waals surface area contributed by atoms with Crippen molar-refractivity contribution in [2.24, 2.45) is 5.73 Å². The minimum atomic E-state index is 0.0879. The molecule has 0 radical (unpaired) electrons. The van der Waals surface area contributed by atoms with Crippen molar-refractivity contribution in [3.63, 3.8) is 0 Å². The van der Waals surface area contributed by atoms with Crippen LogP contribution in [0.15, 0.2) is 55.0 Å². The Kier molecular flexibility index (Phi) is 4.05. The molecule has 1 aliphatic carbocycles. The van der Waals surface area contributed by atoms with Gasteiger partial charge in [-0.3, -0.25) is 4.57 Å². The molecular formula is C23H21N9. The summed E-state index contributed by atoms with van der Waals surface area (Å²) in [5.41, 5.74) is 19.1. The second kappa shape index (κ2) is 6.96. The molecule has 6 rings (SSSR count). The van der Waals surface area contributed by atoms with Gasteiger partial charge in [0.05, 0.1) is 18.0 Å². The van der Waals surface area contributed by atoms with E-state index in [1.807, 2.05) is 29.7 Å². The van der Waals surface area contributed by atoms with Crippen molar-refractivity contribution in [2.75, 3.05) is 5.73 Å². The predicted octanol–water partition coefficient (Wildman–Crippen LogP) is 2.90. The van der Waals surface area contributed by atoms with Crippen LogP contribution in [0.4, 0.5) is 5.82 Å². The number of nitrogens with zero attached hydrogens (tertiary/aromatic N) is 7. The fourth-order valence-corrected chi connectivity index (χ4v) is 4.43. The number of pyridine rings is 2. The van der Waals surface area contributed by atoms with E-state index in [2.05, 4.69) is 33.4 Å². The van der Waals surface area contributed by atoms with Gasteiger partial charge in [0.2, 0.25) is 0 Å². The molecule has 32 heavy (non-hydrogen) atoms. The van der Waals surface area contributed by atoms with Crippen molar-refractivity contribution >= 4 is 17.0 Å². The van der Waals surface area contributed by atoms with Crippen LogP contribution < -0.4 is 11.5 Å². The molecule has 158 valence electrons. The summed E-state index contributed by atoms with van der Waals surface area (Å²) < 4.78 is 2.03. The van der Waals surface area contributed by atoms with Crippen molar-refractivity contribution < 1.29 is 0 Å². The maximum atomic E-state index is 6.27. The first kappa shape index (κ1) is 18.6. The molecule has 1 aliphatic rings. The smallest absolute Gasteiger partial charge is 0.176 e. The molecule has 0 saturated heterocycles. The Balaban J connectivity index is 1.67. The second-order valence-electron chi connectivity index (χ2n) is 8.02. The number of aryl methyl sites for hydroxylation is 2. The van der Waals surface area contributed by atoms with E-state index in [0.717, 1.165) is 35.2 Å². The molecule has 0 bridgehead atoms. The average Bonchev–Trinajstić information content (AvgIpc) is 3.53. The van der Waals surface area contributed by atoms with Crippen molar-refractivity contribution in [1.82, 2.24) is 34.5 Å². The van der Waals surface area contributed by atoms with Crippen LogP contribution >= 0.6 is 0 Å². The Labute approximate surface area is 183 Å². The van der Waals surface area contributed by atoms with Crippen LogP contribution in [0.2, 0.25) is 0 Å². The normalized spacial score (nSPS) is 15.4. The topological polar surface area (TPSA) is 126 Å². The summed E-state index contributed by atoms with van der Waals surface area (Å²) in [4.78, 5) is 15.6. The number of fused-ring (bicyclic) bond motifs is 2. The van der Waals surface area contributed by atoms with E-state index in [4.69, 9.17) is 21.4 Å². The summed E-state index contributed by atoms with van der Waals surface area (Å²) in [6, 6.07) is 12.1. The maximum Gasteiger partial charge on any atom is 0.176 e. The molecule has 5 aromatic rings. The Morgan fingerprint density at radius 3 is 2.69 bits per heavy atom. The molecule has 1 aromatic carbocycles. The molecule has 4 N–H and O–H groups in total. The standard InChI is InChI=1S/C23H21N9/c1-13-11-19(32-27-9-10-28-32)29-23-20(13)30-22(17-3-2-8-26-21(17)25)31(23)15-5-6-16-14(12-15)4-7-18(16)24/h2-3,5-6,8-12,18H,4,7,24H2,1H3,(H2,25,26)/t18-/m0/s1. The SMILES string of the molecule is Cc1cc(-n2nccn2)nc2c1nc(-c1cccnc1N)n2-c1ccc2c(c1)CC[C@@H]2N. The summed E-state index contributed by atoms with van der Waals surface area (Å²) in [6.07, 6.45) is 6.84.